The van der Waals surface area contributed by atoms with Gasteiger partial charge in [0.05, 0.1) is 4.90 Å². The maximum absolute atomic E-state index is 11.3. The summed E-state index contributed by atoms with van der Waals surface area (Å²) in [4.78, 5) is 0.0630. The zero-order chi connectivity index (χ0) is 17.7. The van der Waals surface area contributed by atoms with Gasteiger partial charge >= 0.3 is 37.7 Å². The molecule has 0 unspecified atom stereocenters. The van der Waals surface area contributed by atoms with Gasteiger partial charge in [-0.2, -0.15) is 8.42 Å². The predicted molar refractivity (Wildman–Crippen MR) is 107 cm³/mol. The molecule has 138 valence electrons. The van der Waals surface area contributed by atoms with Crippen LogP contribution < -0.4 is 0 Å². The van der Waals surface area contributed by atoms with Gasteiger partial charge in [-0.05, 0) is 24.5 Å². The summed E-state index contributed by atoms with van der Waals surface area (Å²) >= 11 is 0. The molecule has 0 aliphatic rings. The van der Waals surface area contributed by atoms with E-state index in [-0.39, 0.29) is 42.6 Å². The van der Waals surface area contributed by atoms with Gasteiger partial charge in [-0.25, -0.2) is 0 Å². The van der Waals surface area contributed by atoms with E-state index < -0.39 is 10.1 Å². The molecule has 3 nitrogen and oxygen atoms in total. The minimum atomic E-state index is -4.10. The molecular weight excluding hydrogens is 360 g/mol. The maximum Gasteiger partial charge on any atom is 2.00 e. The van der Waals surface area contributed by atoms with Gasteiger partial charge in [0, 0.05) is 0 Å². The summed E-state index contributed by atoms with van der Waals surface area (Å²) in [5.41, 5.74) is 0.729. The molecule has 0 radical (unpaired) electrons. The molecule has 5 heteroatoms. The van der Waals surface area contributed by atoms with Gasteiger partial charge in [0.15, 0.2) is 0 Å². The van der Waals surface area contributed by atoms with E-state index in [1.54, 1.807) is 12.1 Å². The van der Waals surface area contributed by atoms with Crippen molar-refractivity contribution in [3.63, 3.8) is 0 Å². The fourth-order valence-electron chi connectivity index (χ4n) is 3.12. The van der Waals surface area contributed by atoms with Crippen molar-refractivity contribution in [1.82, 2.24) is 0 Å². The fourth-order valence-corrected chi connectivity index (χ4v) is 3.87. The average Bonchev–Trinajstić information content (AvgIpc) is 2.55. The van der Waals surface area contributed by atoms with Crippen LogP contribution in [0.3, 0.4) is 0 Å². The summed E-state index contributed by atoms with van der Waals surface area (Å²) in [6.07, 6.45) is 16.2. The molecule has 1 rings (SSSR count). The summed E-state index contributed by atoms with van der Waals surface area (Å²) in [5, 5.41) is 0. The zero-order valence-corrected chi connectivity index (χ0v) is 18.9. The van der Waals surface area contributed by atoms with Crippen molar-refractivity contribution >= 4 is 47.9 Å². The minimum Gasteiger partial charge on any atom is -0.282 e. The molecule has 1 aromatic rings. The Labute approximate surface area is 184 Å². The molecule has 0 bridgehead atoms. The van der Waals surface area contributed by atoms with Crippen molar-refractivity contribution in [3.8, 4) is 0 Å². The molecular formula is C20H34CaO3S+2. The first-order valence-corrected chi connectivity index (χ1v) is 11.0. The SMILES string of the molecule is CCCCCCCCCCCCCCc1ccccc1S(=O)(=O)O.[Ca+2]. The third-order valence-electron chi connectivity index (χ3n) is 4.55. The van der Waals surface area contributed by atoms with E-state index in [0.717, 1.165) is 18.4 Å². The first kappa shape index (κ1) is 25.4. The standard InChI is InChI=1S/C20H34O3S.Ca/c1-2-3-4-5-6-7-8-9-10-11-12-13-16-19-17-14-15-18-20(19)24(21,22)23;/h14-15,17-18H,2-13,16H2,1H3,(H,21,22,23);/q;+2. The van der Waals surface area contributed by atoms with Crippen LogP contribution in [0.4, 0.5) is 0 Å². The smallest absolute Gasteiger partial charge is 0.282 e. The van der Waals surface area contributed by atoms with Crippen molar-refractivity contribution in [2.45, 2.75) is 95.3 Å². The molecule has 0 aliphatic carbocycles. The number of aryl methyl sites for hydroxylation is 1. The number of benzene rings is 1. The van der Waals surface area contributed by atoms with Crippen molar-refractivity contribution in [1.29, 1.82) is 0 Å². The van der Waals surface area contributed by atoms with E-state index in [9.17, 15) is 13.0 Å². The number of hydrogen-bond donors (Lipinski definition) is 1. The van der Waals surface area contributed by atoms with Crippen molar-refractivity contribution in [2.75, 3.05) is 0 Å². The Kier molecular flexibility index (Phi) is 15.7. The van der Waals surface area contributed by atoms with E-state index >= 15 is 0 Å². The summed E-state index contributed by atoms with van der Waals surface area (Å²) in [7, 11) is -4.10. The molecule has 0 spiro atoms. The topological polar surface area (TPSA) is 54.4 Å². The summed E-state index contributed by atoms with van der Waals surface area (Å²) in [6.45, 7) is 2.25. The van der Waals surface area contributed by atoms with Crippen LogP contribution in [-0.2, 0) is 16.5 Å². The Balaban J connectivity index is 0.00000576. The Morgan fingerprint density at radius 3 is 1.68 bits per heavy atom. The van der Waals surface area contributed by atoms with Gasteiger partial charge in [-0.1, -0.05) is 95.8 Å². The molecule has 0 aliphatic heterocycles. The molecule has 25 heavy (non-hydrogen) atoms. The number of unbranched alkanes of at least 4 members (excludes halogenated alkanes) is 11. The van der Waals surface area contributed by atoms with Crippen molar-refractivity contribution in [3.05, 3.63) is 29.8 Å². The maximum atomic E-state index is 11.3. The predicted octanol–water partition coefficient (Wildman–Crippen LogP) is 5.80. The molecule has 0 atom stereocenters. The van der Waals surface area contributed by atoms with Crippen LogP contribution in [-0.4, -0.2) is 50.7 Å². The van der Waals surface area contributed by atoms with E-state index in [2.05, 4.69) is 6.92 Å². The second kappa shape index (κ2) is 15.4. The van der Waals surface area contributed by atoms with Crippen LogP contribution in [0.5, 0.6) is 0 Å². The normalized spacial score (nSPS) is 11.3. The molecule has 0 saturated carbocycles. The second-order valence-corrected chi connectivity index (χ2v) is 8.11. The molecule has 0 saturated heterocycles. The average molecular weight is 395 g/mol. The molecule has 0 heterocycles. The van der Waals surface area contributed by atoms with Crippen molar-refractivity contribution in [2.24, 2.45) is 0 Å². The summed E-state index contributed by atoms with van der Waals surface area (Å²) < 4.78 is 31.9. The van der Waals surface area contributed by atoms with Gasteiger partial charge in [0.25, 0.3) is 10.1 Å². The van der Waals surface area contributed by atoms with E-state index in [4.69, 9.17) is 0 Å². The summed E-state index contributed by atoms with van der Waals surface area (Å²) in [5.74, 6) is 0. The van der Waals surface area contributed by atoms with Gasteiger partial charge in [0.1, 0.15) is 0 Å². The van der Waals surface area contributed by atoms with Crippen LogP contribution in [0.2, 0.25) is 0 Å². The largest absolute Gasteiger partial charge is 2.00 e. The van der Waals surface area contributed by atoms with Gasteiger partial charge in [0.2, 0.25) is 0 Å². The minimum absolute atomic E-state index is 0. The Morgan fingerprint density at radius 2 is 1.20 bits per heavy atom. The Hall–Kier alpha value is 0.390. The van der Waals surface area contributed by atoms with Gasteiger partial charge < -0.3 is 0 Å². The third-order valence-corrected chi connectivity index (χ3v) is 5.50. The second-order valence-electron chi connectivity index (χ2n) is 6.72. The fraction of sp³-hybridized carbons (Fsp3) is 0.700. The number of hydrogen-bond acceptors (Lipinski definition) is 2. The van der Waals surface area contributed by atoms with E-state index in [0.29, 0.717) is 6.42 Å². The summed E-state index contributed by atoms with van der Waals surface area (Å²) in [6, 6.07) is 6.74. The molecule has 1 N–H and O–H groups in total. The number of rotatable bonds is 14. The van der Waals surface area contributed by atoms with E-state index in [1.807, 2.05) is 6.07 Å². The third kappa shape index (κ3) is 12.4. The first-order chi connectivity index (χ1) is 11.6. The van der Waals surface area contributed by atoms with Crippen LogP contribution in [0.1, 0.15) is 89.5 Å². The Morgan fingerprint density at radius 1 is 0.760 bits per heavy atom. The van der Waals surface area contributed by atoms with Crippen LogP contribution in [0.25, 0.3) is 0 Å². The van der Waals surface area contributed by atoms with E-state index in [1.165, 1.54) is 70.3 Å². The van der Waals surface area contributed by atoms with Gasteiger partial charge in [-0.3, -0.25) is 4.55 Å². The Bertz CT molecular complexity index is 544. The zero-order valence-electron chi connectivity index (χ0n) is 15.9. The molecule has 0 aromatic heterocycles. The van der Waals surface area contributed by atoms with Gasteiger partial charge in [-0.15, -0.1) is 0 Å². The molecule has 0 amide bonds. The monoisotopic (exact) mass is 394 g/mol. The first-order valence-electron chi connectivity index (χ1n) is 9.61. The molecule has 0 fully saturated rings. The quantitative estimate of drug-likeness (QED) is 0.247. The molecule has 1 aromatic carbocycles. The van der Waals surface area contributed by atoms with Crippen LogP contribution >= 0.6 is 0 Å². The van der Waals surface area contributed by atoms with Crippen LogP contribution in [0.15, 0.2) is 29.2 Å². The van der Waals surface area contributed by atoms with Crippen molar-refractivity contribution < 1.29 is 13.0 Å². The van der Waals surface area contributed by atoms with Crippen LogP contribution in [0, 0.1) is 0 Å².